The third kappa shape index (κ3) is 5.17. The number of nitrogens with one attached hydrogen (secondary N) is 3. The molecule has 1 radical (unpaired) electrons. The standard InChI is InChI=1S/C26H30BN4O2S2/c1-2-3-14-33-23(27)22-18-8-4-5-9-20(18)34-24(22)30-26(32)29-15-19-17-10-11-28-16-21(17)35-25(19)31-12-6-7-13-31/h2,6-7,12-13,28H,1,3-5,8-11,14-16H2,(H2,29,30,32). The van der Waals surface area contributed by atoms with Gasteiger partial charge in [-0.05, 0) is 0 Å². The van der Waals surface area contributed by atoms with E-state index in [4.69, 9.17) is 12.2 Å². The number of aromatic nitrogens is 1. The van der Waals surface area contributed by atoms with Crippen molar-refractivity contribution in [3.8, 4) is 5.00 Å². The fourth-order valence-corrected chi connectivity index (χ4v) is 7.39. The van der Waals surface area contributed by atoms with Crippen LogP contribution < -0.4 is 16.0 Å². The van der Waals surface area contributed by atoms with Crippen molar-refractivity contribution in [3.63, 3.8) is 0 Å². The normalized spacial score (nSPS) is 14.6. The first-order valence-electron chi connectivity index (χ1n) is 12.2. The second-order valence-corrected chi connectivity index (χ2v) is 11.0. The first kappa shape index (κ1) is 24.1. The summed E-state index contributed by atoms with van der Waals surface area (Å²) in [6.07, 6.45) is 11.9. The molecular formula is C26H30BN4O2S2. The summed E-state index contributed by atoms with van der Waals surface area (Å²) < 4.78 is 7.94. The Morgan fingerprint density at radius 1 is 1.17 bits per heavy atom. The molecule has 0 bridgehead atoms. The van der Waals surface area contributed by atoms with Gasteiger partial charge in [0.25, 0.3) is 0 Å². The molecule has 5 rings (SSSR count). The number of aryl methyl sites for hydroxylation is 1. The minimum atomic E-state index is -0.226. The first-order valence-corrected chi connectivity index (χ1v) is 13.8. The number of amides is 2. The average Bonchev–Trinajstić information content (AvgIpc) is 3.59. The molecular weight excluding hydrogens is 475 g/mol. The Labute approximate surface area is 215 Å². The maximum atomic E-state index is 13.1. The van der Waals surface area contributed by atoms with E-state index in [2.05, 4.69) is 39.5 Å². The molecule has 2 aliphatic rings. The Morgan fingerprint density at radius 3 is 2.83 bits per heavy atom. The summed E-state index contributed by atoms with van der Waals surface area (Å²) in [7, 11) is 6.37. The van der Waals surface area contributed by atoms with Crippen LogP contribution in [0, 0.1) is 0 Å². The van der Waals surface area contributed by atoms with Gasteiger partial charge < -0.3 is 0 Å². The molecule has 1 aliphatic heterocycles. The van der Waals surface area contributed by atoms with E-state index in [1.807, 2.05) is 18.2 Å². The van der Waals surface area contributed by atoms with Crippen LogP contribution in [-0.2, 0) is 37.1 Å². The number of hydrogen-bond donors (Lipinski definition) is 3. The van der Waals surface area contributed by atoms with Crippen LogP contribution in [0.1, 0.15) is 51.3 Å². The van der Waals surface area contributed by atoms with Crippen molar-refractivity contribution in [1.82, 2.24) is 15.2 Å². The summed E-state index contributed by atoms with van der Waals surface area (Å²) in [5, 5.41) is 11.6. The molecule has 0 saturated heterocycles. The van der Waals surface area contributed by atoms with Gasteiger partial charge in [0.2, 0.25) is 0 Å². The molecule has 6 nitrogen and oxygen atoms in total. The van der Waals surface area contributed by atoms with Crippen molar-refractivity contribution >= 4 is 46.8 Å². The predicted octanol–water partition coefficient (Wildman–Crippen LogP) is 4.69. The number of thiophene rings is 2. The summed E-state index contributed by atoms with van der Waals surface area (Å²) in [5.74, 6) is 0. The van der Waals surface area contributed by atoms with Crippen LogP contribution in [0.15, 0.2) is 37.2 Å². The van der Waals surface area contributed by atoms with Crippen LogP contribution >= 0.6 is 22.7 Å². The molecule has 0 unspecified atom stereocenters. The zero-order valence-electron chi connectivity index (χ0n) is 19.8. The van der Waals surface area contributed by atoms with Crippen LogP contribution in [0.2, 0.25) is 0 Å². The molecule has 0 saturated carbocycles. The van der Waals surface area contributed by atoms with Crippen molar-refractivity contribution in [2.75, 3.05) is 18.5 Å². The number of anilines is 1. The van der Waals surface area contributed by atoms with E-state index in [0.717, 1.165) is 62.2 Å². The van der Waals surface area contributed by atoms with Gasteiger partial charge in [0, 0.05) is 0 Å². The zero-order chi connectivity index (χ0) is 24.2. The molecule has 35 heavy (non-hydrogen) atoms. The Hall–Kier alpha value is -2.62. The number of hydrogen-bond acceptors (Lipinski definition) is 5. The molecule has 0 atom stereocenters. The number of carbonyl (C=O) groups is 1. The van der Waals surface area contributed by atoms with E-state index in [9.17, 15) is 4.79 Å². The molecule has 3 N–H and O–H groups in total. The van der Waals surface area contributed by atoms with Gasteiger partial charge in [-0.1, -0.05) is 0 Å². The third-order valence-electron chi connectivity index (χ3n) is 6.51. The SMILES string of the molecule is [B]=C(OCCC=C)c1c(NC(=O)NCc2c(-n3cccc3)sc3c2CCNC3)sc2c1CCCC2. The summed E-state index contributed by atoms with van der Waals surface area (Å²) in [6.45, 7) is 6.53. The number of rotatable bonds is 9. The zero-order valence-corrected chi connectivity index (χ0v) is 21.5. The van der Waals surface area contributed by atoms with Crippen LogP contribution in [0.5, 0.6) is 0 Å². The molecule has 1 aliphatic carbocycles. The first-order chi connectivity index (χ1) is 17.2. The third-order valence-corrected chi connectivity index (χ3v) is 9.00. The van der Waals surface area contributed by atoms with Crippen molar-refractivity contribution < 1.29 is 9.53 Å². The molecule has 0 spiro atoms. The van der Waals surface area contributed by atoms with Gasteiger partial charge in [0.1, 0.15) is 0 Å². The topological polar surface area (TPSA) is 67.3 Å². The van der Waals surface area contributed by atoms with Crippen LogP contribution in [-0.4, -0.2) is 36.9 Å². The van der Waals surface area contributed by atoms with Crippen LogP contribution in [0.4, 0.5) is 9.80 Å². The number of fused-ring (bicyclic) bond motifs is 2. The van der Waals surface area contributed by atoms with Gasteiger partial charge in [-0.15, -0.1) is 0 Å². The fourth-order valence-electron chi connectivity index (χ4n) is 4.80. The predicted molar refractivity (Wildman–Crippen MR) is 147 cm³/mol. The quantitative estimate of drug-likeness (QED) is 0.225. The molecule has 4 heterocycles. The van der Waals surface area contributed by atoms with E-state index in [0.29, 0.717) is 18.8 Å². The molecule has 181 valence electrons. The second kappa shape index (κ2) is 11.0. The Kier molecular flexibility index (Phi) is 7.56. The van der Waals surface area contributed by atoms with Gasteiger partial charge in [0.15, 0.2) is 0 Å². The fraction of sp³-hybridized carbons (Fsp3) is 0.385. The van der Waals surface area contributed by atoms with E-state index < -0.39 is 0 Å². The molecule has 0 aromatic carbocycles. The summed E-state index contributed by atoms with van der Waals surface area (Å²) >= 11 is 3.42. The Bertz CT molecular complexity index is 1230. The van der Waals surface area contributed by atoms with E-state index in [1.54, 1.807) is 22.7 Å². The molecule has 3 aromatic rings. The molecule has 3 aromatic heterocycles. The number of urea groups is 1. The van der Waals surface area contributed by atoms with Crippen molar-refractivity contribution in [1.29, 1.82) is 0 Å². The molecule has 0 fully saturated rings. The van der Waals surface area contributed by atoms with Gasteiger partial charge in [0.05, 0.1) is 0 Å². The average molecular weight is 505 g/mol. The Balaban J connectivity index is 1.34. The van der Waals surface area contributed by atoms with E-state index in [-0.39, 0.29) is 6.03 Å². The van der Waals surface area contributed by atoms with Gasteiger partial charge in [-0.25, -0.2) is 0 Å². The van der Waals surface area contributed by atoms with Gasteiger partial charge in [-0.3, -0.25) is 0 Å². The van der Waals surface area contributed by atoms with Crippen molar-refractivity contribution in [2.24, 2.45) is 0 Å². The van der Waals surface area contributed by atoms with Crippen LogP contribution in [0.25, 0.3) is 5.00 Å². The molecule has 9 heteroatoms. The van der Waals surface area contributed by atoms with Crippen LogP contribution in [0.3, 0.4) is 0 Å². The van der Waals surface area contributed by atoms with Crippen molar-refractivity contribution in [3.05, 3.63) is 69.2 Å². The van der Waals surface area contributed by atoms with Gasteiger partial charge >= 0.3 is 216 Å². The van der Waals surface area contributed by atoms with E-state index in [1.165, 1.54) is 31.4 Å². The number of carbonyl (C=O) groups excluding carboxylic acids is 1. The number of nitrogens with zero attached hydrogens (tertiary/aromatic N) is 1. The monoisotopic (exact) mass is 505 g/mol. The Morgan fingerprint density at radius 2 is 2.00 bits per heavy atom. The summed E-state index contributed by atoms with van der Waals surface area (Å²) in [6, 6.07) is 3.83. The second-order valence-electron chi connectivity index (χ2n) is 8.82. The van der Waals surface area contributed by atoms with E-state index >= 15 is 0 Å². The maximum absolute atomic E-state index is 13.1. The van der Waals surface area contributed by atoms with Crippen molar-refractivity contribution in [2.45, 2.75) is 51.6 Å². The number of ether oxygens (including phenoxy) is 1. The summed E-state index contributed by atoms with van der Waals surface area (Å²) in [4.78, 5) is 15.7. The minimum absolute atomic E-state index is 0.226. The summed E-state index contributed by atoms with van der Waals surface area (Å²) in [5.41, 5.74) is 5.02. The molecule has 2 amide bonds. The van der Waals surface area contributed by atoms with Gasteiger partial charge in [-0.2, -0.15) is 0 Å².